The lowest BCUT2D eigenvalue weighted by atomic mass is 9.94. The monoisotopic (exact) mass is 659 g/mol. The Balaban J connectivity index is 1.72. The van der Waals surface area contributed by atoms with Gasteiger partial charge in [-0.05, 0) is 64.2 Å². The van der Waals surface area contributed by atoms with E-state index >= 15 is 0 Å². The number of carbonyl (C=O) groups is 2. The summed E-state index contributed by atoms with van der Waals surface area (Å²) in [6.07, 6.45) is 6.41. The summed E-state index contributed by atoms with van der Waals surface area (Å²) in [6, 6.07) is 22.7. The molecular weight excluding hydrogens is 626 g/mol. The molecule has 1 aliphatic carbocycles. The molecule has 4 rings (SSSR count). The van der Waals surface area contributed by atoms with E-state index in [9.17, 15) is 18.0 Å². The van der Waals surface area contributed by atoms with Gasteiger partial charge < -0.3 is 10.2 Å². The molecule has 41 heavy (non-hydrogen) atoms. The number of nitrogens with one attached hydrogen (secondary N) is 1. The van der Waals surface area contributed by atoms with Crippen LogP contribution in [0.2, 0.25) is 5.02 Å². The smallest absolute Gasteiger partial charge is 0.244 e. The number of rotatable bonds is 11. The Labute approximate surface area is 256 Å². The molecule has 1 N–H and O–H groups in total. The second kappa shape index (κ2) is 14.3. The van der Waals surface area contributed by atoms with Crippen LogP contribution < -0.4 is 9.62 Å². The number of sulfonamides is 1. The van der Waals surface area contributed by atoms with Crippen LogP contribution in [0.25, 0.3) is 0 Å². The van der Waals surface area contributed by atoms with E-state index < -0.39 is 28.5 Å². The zero-order chi connectivity index (χ0) is 29.4. The first-order chi connectivity index (χ1) is 19.6. The summed E-state index contributed by atoms with van der Waals surface area (Å²) in [4.78, 5) is 29.6. The summed E-state index contributed by atoms with van der Waals surface area (Å²) in [7, 11) is -3.84. The number of carbonyl (C=O) groups excluding carboxylic acids is 2. The van der Waals surface area contributed by atoms with Gasteiger partial charge in [-0.2, -0.15) is 0 Å². The molecule has 3 aromatic rings. The van der Waals surface area contributed by atoms with Crippen LogP contribution in [-0.4, -0.2) is 50.0 Å². The topological polar surface area (TPSA) is 86.8 Å². The summed E-state index contributed by atoms with van der Waals surface area (Å²) in [6.45, 7) is -0.351. The highest BCUT2D eigenvalue weighted by atomic mass is 79.9. The minimum absolute atomic E-state index is 0.0507. The van der Waals surface area contributed by atoms with Crippen molar-refractivity contribution in [3.63, 3.8) is 0 Å². The normalized spacial score (nSPS) is 14.7. The van der Waals surface area contributed by atoms with E-state index in [-0.39, 0.29) is 24.9 Å². The number of hydrogen-bond donors (Lipinski definition) is 1. The fourth-order valence-electron chi connectivity index (χ4n) is 5.13. The number of amides is 2. The van der Waals surface area contributed by atoms with Gasteiger partial charge in [0.25, 0.3) is 0 Å². The van der Waals surface area contributed by atoms with Crippen molar-refractivity contribution in [2.24, 2.45) is 0 Å². The summed E-state index contributed by atoms with van der Waals surface area (Å²) in [5.74, 6) is -0.726. The summed E-state index contributed by atoms with van der Waals surface area (Å²) in [5, 5.41) is 3.76. The number of halogens is 2. The van der Waals surface area contributed by atoms with Gasteiger partial charge in [0, 0.05) is 28.5 Å². The van der Waals surface area contributed by atoms with Gasteiger partial charge in [0.1, 0.15) is 12.6 Å². The third kappa shape index (κ3) is 8.80. The lowest BCUT2D eigenvalue weighted by Gasteiger charge is -2.35. The molecule has 1 atom stereocenters. The minimum atomic E-state index is -3.84. The van der Waals surface area contributed by atoms with Crippen LogP contribution in [0.3, 0.4) is 0 Å². The fourth-order valence-corrected chi connectivity index (χ4v) is 6.74. The quantitative estimate of drug-likeness (QED) is 0.275. The number of benzene rings is 3. The van der Waals surface area contributed by atoms with Crippen LogP contribution in [0.15, 0.2) is 83.3 Å². The molecule has 0 aliphatic heterocycles. The summed E-state index contributed by atoms with van der Waals surface area (Å²) >= 11 is 9.54. The maximum absolute atomic E-state index is 14.2. The molecule has 1 saturated carbocycles. The van der Waals surface area contributed by atoms with Gasteiger partial charge in [0.2, 0.25) is 21.8 Å². The number of nitrogens with zero attached hydrogens (tertiary/aromatic N) is 2. The Morgan fingerprint density at radius 3 is 2.20 bits per heavy atom. The van der Waals surface area contributed by atoms with Gasteiger partial charge in [-0.1, -0.05) is 85.5 Å². The van der Waals surface area contributed by atoms with Gasteiger partial charge in [-0.3, -0.25) is 13.9 Å². The predicted octanol–water partition coefficient (Wildman–Crippen LogP) is 5.96. The Kier molecular flexibility index (Phi) is 10.9. The molecule has 0 unspecified atom stereocenters. The van der Waals surface area contributed by atoms with E-state index in [1.165, 1.54) is 4.90 Å². The first-order valence-corrected chi connectivity index (χ1v) is 16.7. The van der Waals surface area contributed by atoms with Crippen molar-refractivity contribution in [3.05, 3.63) is 99.5 Å². The maximum atomic E-state index is 14.2. The van der Waals surface area contributed by atoms with Gasteiger partial charge in [-0.15, -0.1) is 0 Å². The van der Waals surface area contributed by atoms with Crippen LogP contribution in [0.5, 0.6) is 0 Å². The Morgan fingerprint density at radius 2 is 1.56 bits per heavy atom. The highest BCUT2D eigenvalue weighted by Crippen LogP contribution is 2.28. The Morgan fingerprint density at radius 1 is 0.927 bits per heavy atom. The van der Waals surface area contributed by atoms with Crippen LogP contribution in [0.1, 0.15) is 43.2 Å². The molecule has 0 radical (unpaired) electrons. The Bertz CT molecular complexity index is 1430. The van der Waals surface area contributed by atoms with E-state index in [0.717, 1.165) is 53.8 Å². The molecule has 1 fully saturated rings. The lowest BCUT2D eigenvalue weighted by molar-refractivity contribution is -0.140. The molecule has 2 amide bonds. The van der Waals surface area contributed by atoms with Gasteiger partial charge in [0.15, 0.2) is 0 Å². The molecule has 1 aliphatic rings. The zero-order valence-corrected chi connectivity index (χ0v) is 26.2. The standard InChI is InChI=1S/C31H35BrClN3O4S/c1-41(39,40)36(28-15-9-8-14-27(28)32)22-30(37)35(21-24-16-18-25(33)19-17-24)29(20-23-10-4-2-5-11-23)31(38)34-26-12-6-3-7-13-26/h2,4-5,8-11,14-19,26,29H,3,6-7,12-13,20-22H2,1H3,(H,34,38)/t29-/m1/s1. The van der Waals surface area contributed by atoms with Crippen molar-refractivity contribution >= 4 is 55.1 Å². The molecule has 0 heterocycles. The van der Waals surface area contributed by atoms with Crippen molar-refractivity contribution < 1.29 is 18.0 Å². The Hall–Kier alpha value is -2.88. The van der Waals surface area contributed by atoms with Gasteiger partial charge >= 0.3 is 0 Å². The lowest BCUT2D eigenvalue weighted by Crippen LogP contribution is -2.55. The molecule has 0 saturated heterocycles. The zero-order valence-electron chi connectivity index (χ0n) is 23.0. The van der Waals surface area contributed by atoms with Crippen molar-refractivity contribution in [1.82, 2.24) is 10.2 Å². The van der Waals surface area contributed by atoms with Crippen LogP contribution in [-0.2, 0) is 32.6 Å². The molecule has 0 aromatic heterocycles. The summed E-state index contributed by atoms with van der Waals surface area (Å²) in [5.41, 5.74) is 2.02. The molecule has 0 spiro atoms. The SMILES string of the molecule is CS(=O)(=O)N(CC(=O)N(Cc1ccc(Cl)cc1)[C@H](Cc1ccccc1)C(=O)NC1CCCCC1)c1ccccc1Br. The van der Waals surface area contributed by atoms with Crippen molar-refractivity contribution in [2.75, 3.05) is 17.1 Å². The molecule has 3 aromatic carbocycles. The van der Waals surface area contributed by atoms with Gasteiger partial charge in [-0.25, -0.2) is 8.42 Å². The van der Waals surface area contributed by atoms with Crippen molar-refractivity contribution in [2.45, 2.75) is 57.2 Å². The molecular formula is C31H35BrClN3O4S. The van der Waals surface area contributed by atoms with E-state index in [2.05, 4.69) is 21.2 Å². The number of anilines is 1. The molecule has 218 valence electrons. The maximum Gasteiger partial charge on any atom is 0.244 e. The third-order valence-electron chi connectivity index (χ3n) is 7.29. The average molecular weight is 661 g/mol. The number of hydrogen-bond acceptors (Lipinski definition) is 4. The molecule has 10 heteroatoms. The molecule has 0 bridgehead atoms. The predicted molar refractivity (Wildman–Crippen MR) is 167 cm³/mol. The van der Waals surface area contributed by atoms with E-state index in [1.54, 1.807) is 36.4 Å². The molecule has 7 nitrogen and oxygen atoms in total. The van der Waals surface area contributed by atoms with Gasteiger partial charge in [0.05, 0.1) is 11.9 Å². The average Bonchev–Trinajstić information content (AvgIpc) is 2.95. The summed E-state index contributed by atoms with van der Waals surface area (Å²) < 4.78 is 27.5. The van der Waals surface area contributed by atoms with Crippen LogP contribution >= 0.6 is 27.5 Å². The van der Waals surface area contributed by atoms with E-state index in [4.69, 9.17) is 11.6 Å². The first kappa shape index (κ1) is 31.1. The first-order valence-electron chi connectivity index (χ1n) is 13.7. The largest absolute Gasteiger partial charge is 0.352 e. The third-order valence-corrected chi connectivity index (χ3v) is 9.34. The van der Waals surface area contributed by atoms with E-state index in [0.29, 0.717) is 15.2 Å². The van der Waals surface area contributed by atoms with Crippen LogP contribution in [0.4, 0.5) is 5.69 Å². The van der Waals surface area contributed by atoms with Crippen LogP contribution in [0, 0.1) is 0 Å². The second-order valence-corrected chi connectivity index (χ2v) is 13.6. The second-order valence-electron chi connectivity index (χ2n) is 10.4. The minimum Gasteiger partial charge on any atom is -0.352 e. The highest BCUT2D eigenvalue weighted by Gasteiger charge is 2.34. The van der Waals surface area contributed by atoms with Crippen molar-refractivity contribution in [1.29, 1.82) is 0 Å². The van der Waals surface area contributed by atoms with Crippen molar-refractivity contribution in [3.8, 4) is 0 Å². The van der Waals surface area contributed by atoms with E-state index in [1.807, 2.05) is 42.5 Å². The fraction of sp³-hybridized carbons (Fsp3) is 0.355. The number of para-hydroxylation sites is 1. The highest BCUT2D eigenvalue weighted by molar-refractivity contribution is 9.10.